The maximum atomic E-state index is 12.1. The summed E-state index contributed by atoms with van der Waals surface area (Å²) in [5.41, 5.74) is 0. The minimum atomic E-state index is -0.791. The van der Waals surface area contributed by atoms with E-state index in [4.69, 9.17) is 5.11 Å². The molecule has 2 amide bonds. The lowest BCUT2D eigenvalue weighted by atomic mass is 9.99. The summed E-state index contributed by atoms with van der Waals surface area (Å²) in [5, 5.41) is 8.99. The highest BCUT2D eigenvalue weighted by atomic mass is 16.4. The van der Waals surface area contributed by atoms with E-state index in [2.05, 4.69) is 0 Å². The fraction of sp³-hybridized carbons (Fsp3) is 0.833. The number of piperidine rings is 1. The van der Waals surface area contributed by atoms with Crippen LogP contribution in [-0.2, 0) is 4.79 Å². The molecule has 1 saturated heterocycles. The highest BCUT2D eigenvalue weighted by molar-refractivity contribution is 5.76. The van der Waals surface area contributed by atoms with Gasteiger partial charge >= 0.3 is 12.0 Å². The van der Waals surface area contributed by atoms with Crippen LogP contribution < -0.4 is 0 Å². The number of urea groups is 1. The van der Waals surface area contributed by atoms with Gasteiger partial charge in [0, 0.05) is 26.2 Å². The number of aliphatic carboxylic acids is 1. The molecule has 1 fully saturated rings. The van der Waals surface area contributed by atoms with E-state index in [0.29, 0.717) is 26.1 Å². The van der Waals surface area contributed by atoms with E-state index in [-0.39, 0.29) is 6.03 Å². The Balaban J connectivity index is 2.58. The van der Waals surface area contributed by atoms with E-state index in [9.17, 15) is 9.59 Å². The standard InChI is InChI=1S/C12H22N2O3/c1-3-7-13(4-2)12(17)14-8-5-6-10(9-14)11(15)16/h10H,3-9H2,1-2H3,(H,15,16)/t10-/m1/s1. The smallest absolute Gasteiger partial charge is 0.320 e. The average Bonchev–Trinajstić information content (AvgIpc) is 2.35. The third-order valence-electron chi connectivity index (χ3n) is 3.19. The second kappa shape index (κ2) is 6.47. The number of carbonyl (C=O) groups is 2. The van der Waals surface area contributed by atoms with Crippen molar-refractivity contribution in [3.8, 4) is 0 Å². The maximum Gasteiger partial charge on any atom is 0.320 e. The van der Waals surface area contributed by atoms with Gasteiger partial charge in [0.15, 0.2) is 0 Å². The number of likely N-dealkylation sites (tertiary alicyclic amines) is 1. The summed E-state index contributed by atoms with van der Waals surface area (Å²) in [7, 11) is 0. The quantitative estimate of drug-likeness (QED) is 0.815. The van der Waals surface area contributed by atoms with Gasteiger partial charge in [0.25, 0.3) is 0 Å². The number of amides is 2. The van der Waals surface area contributed by atoms with Crippen molar-refractivity contribution in [3.63, 3.8) is 0 Å². The lowest BCUT2D eigenvalue weighted by Gasteiger charge is -2.34. The summed E-state index contributed by atoms with van der Waals surface area (Å²) >= 11 is 0. The second-order valence-electron chi connectivity index (χ2n) is 4.49. The molecule has 1 aliphatic rings. The molecule has 0 aromatic heterocycles. The van der Waals surface area contributed by atoms with Gasteiger partial charge in [0.05, 0.1) is 5.92 Å². The third-order valence-corrected chi connectivity index (χ3v) is 3.19. The molecule has 0 bridgehead atoms. The third kappa shape index (κ3) is 3.61. The lowest BCUT2D eigenvalue weighted by Crippen LogP contribution is -2.48. The van der Waals surface area contributed by atoms with Gasteiger partial charge in [-0.15, -0.1) is 0 Å². The van der Waals surface area contributed by atoms with Gasteiger partial charge in [0.2, 0.25) is 0 Å². The zero-order chi connectivity index (χ0) is 12.8. The van der Waals surface area contributed by atoms with Crippen LogP contribution in [0.1, 0.15) is 33.1 Å². The first-order valence-electron chi connectivity index (χ1n) is 6.36. The van der Waals surface area contributed by atoms with E-state index in [0.717, 1.165) is 19.4 Å². The van der Waals surface area contributed by atoms with Crippen molar-refractivity contribution in [2.24, 2.45) is 5.92 Å². The number of rotatable bonds is 4. The predicted octanol–water partition coefficient (Wildman–Crippen LogP) is 1.63. The van der Waals surface area contributed by atoms with Gasteiger partial charge in [-0.1, -0.05) is 6.92 Å². The molecule has 1 aliphatic heterocycles. The van der Waals surface area contributed by atoms with E-state index >= 15 is 0 Å². The maximum absolute atomic E-state index is 12.1. The van der Waals surface area contributed by atoms with Crippen molar-refractivity contribution < 1.29 is 14.7 Å². The Morgan fingerprint density at radius 1 is 1.41 bits per heavy atom. The van der Waals surface area contributed by atoms with E-state index in [1.54, 1.807) is 9.80 Å². The van der Waals surface area contributed by atoms with Crippen molar-refractivity contribution in [2.45, 2.75) is 33.1 Å². The molecule has 0 radical (unpaired) electrons. The lowest BCUT2D eigenvalue weighted by molar-refractivity contribution is -0.143. The van der Waals surface area contributed by atoms with E-state index in [1.807, 2.05) is 13.8 Å². The van der Waals surface area contributed by atoms with Gasteiger partial charge in [-0.05, 0) is 26.2 Å². The molecule has 0 aromatic rings. The fourth-order valence-corrected chi connectivity index (χ4v) is 2.21. The Morgan fingerprint density at radius 3 is 2.65 bits per heavy atom. The Morgan fingerprint density at radius 2 is 2.12 bits per heavy atom. The van der Waals surface area contributed by atoms with E-state index < -0.39 is 11.9 Å². The molecule has 1 rings (SSSR count). The van der Waals surface area contributed by atoms with E-state index in [1.165, 1.54) is 0 Å². The predicted molar refractivity (Wildman–Crippen MR) is 64.9 cm³/mol. The molecule has 98 valence electrons. The molecule has 0 spiro atoms. The second-order valence-corrected chi connectivity index (χ2v) is 4.49. The normalized spacial score (nSPS) is 20.1. The molecular weight excluding hydrogens is 220 g/mol. The van der Waals surface area contributed by atoms with Crippen LogP contribution in [0, 0.1) is 5.92 Å². The van der Waals surface area contributed by atoms with Crippen LogP contribution in [0.25, 0.3) is 0 Å². The first kappa shape index (κ1) is 13.8. The zero-order valence-electron chi connectivity index (χ0n) is 10.7. The van der Waals surface area contributed by atoms with Crippen molar-refractivity contribution in [1.29, 1.82) is 0 Å². The molecule has 0 aromatic carbocycles. The highest BCUT2D eigenvalue weighted by Gasteiger charge is 2.29. The molecule has 0 unspecified atom stereocenters. The molecule has 1 atom stereocenters. The SMILES string of the molecule is CCCN(CC)C(=O)N1CCC[C@@H](C(=O)O)C1. The number of carboxylic acids is 1. The van der Waals surface area contributed by atoms with Crippen molar-refractivity contribution in [3.05, 3.63) is 0 Å². The number of carboxylic acid groups (broad SMARTS) is 1. The Bertz CT molecular complexity index is 281. The fourth-order valence-electron chi connectivity index (χ4n) is 2.21. The van der Waals surface area contributed by atoms with Gasteiger partial charge < -0.3 is 14.9 Å². The minimum Gasteiger partial charge on any atom is -0.481 e. The summed E-state index contributed by atoms with van der Waals surface area (Å²) in [6.07, 6.45) is 2.39. The first-order valence-corrected chi connectivity index (χ1v) is 6.36. The topological polar surface area (TPSA) is 60.9 Å². The number of nitrogens with zero attached hydrogens (tertiary/aromatic N) is 2. The Labute approximate surface area is 102 Å². The summed E-state index contributed by atoms with van der Waals surface area (Å²) in [6.45, 7) is 6.44. The summed E-state index contributed by atoms with van der Waals surface area (Å²) in [4.78, 5) is 26.5. The molecule has 5 nitrogen and oxygen atoms in total. The van der Waals surface area contributed by atoms with Crippen LogP contribution in [-0.4, -0.2) is 53.1 Å². The molecular formula is C12H22N2O3. The van der Waals surface area contributed by atoms with Crippen molar-refractivity contribution in [2.75, 3.05) is 26.2 Å². The number of carbonyl (C=O) groups excluding carboxylic acids is 1. The average molecular weight is 242 g/mol. The molecule has 1 heterocycles. The van der Waals surface area contributed by atoms with Crippen LogP contribution in [0.4, 0.5) is 4.79 Å². The van der Waals surface area contributed by atoms with Crippen LogP contribution in [0.3, 0.4) is 0 Å². The van der Waals surface area contributed by atoms with Gasteiger partial charge in [-0.3, -0.25) is 4.79 Å². The highest BCUT2D eigenvalue weighted by Crippen LogP contribution is 2.18. The van der Waals surface area contributed by atoms with Crippen LogP contribution in [0.15, 0.2) is 0 Å². The molecule has 1 N–H and O–H groups in total. The van der Waals surface area contributed by atoms with Gasteiger partial charge in [-0.2, -0.15) is 0 Å². The first-order chi connectivity index (χ1) is 8.10. The van der Waals surface area contributed by atoms with Crippen molar-refractivity contribution >= 4 is 12.0 Å². The van der Waals surface area contributed by atoms with Crippen LogP contribution in [0.5, 0.6) is 0 Å². The minimum absolute atomic E-state index is 0.0136. The monoisotopic (exact) mass is 242 g/mol. The van der Waals surface area contributed by atoms with Crippen molar-refractivity contribution in [1.82, 2.24) is 9.80 Å². The Kier molecular flexibility index (Phi) is 5.25. The number of hydrogen-bond acceptors (Lipinski definition) is 2. The number of hydrogen-bond donors (Lipinski definition) is 1. The zero-order valence-corrected chi connectivity index (χ0v) is 10.7. The van der Waals surface area contributed by atoms with Crippen LogP contribution >= 0.6 is 0 Å². The van der Waals surface area contributed by atoms with Gasteiger partial charge in [-0.25, -0.2) is 4.79 Å². The summed E-state index contributed by atoms with van der Waals surface area (Å²) < 4.78 is 0. The molecule has 5 heteroatoms. The molecule has 17 heavy (non-hydrogen) atoms. The largest absolute Gasteiger partial charge is 0.481 e. The van der Waals surface area contributed by atoms with Crippen LogP contribution in [0.2, 0.25) is 0 Å². The summed E-state index contributed by atoms with van der Waals surface area (Å²) in [5.74, 6) is -1.19. The molecule has 0 saturated carbocycles. The van der Waals surface area contributed by atoms with Gasteiger partial charge in [0.1, 0.15) is 0 Å². The summed E-state index contributed by atoms with van der Waals surface area (Å²) in [6, 6.07) is -0.0136. The molecule has 0 aliphatic carbocycles. The Hall–Kier alpha value is -1.26.